The van der Waals surface area contributed by atoms with Crippen molar-refractivity contribution in [3.63, 3.8) is 0 Å². The van der Waals surface area contributed by atoms with E-state index < -0.39 is 0 Å². The van der Waals surface area contributed by atoms with E-state index in [2.05, 4.69) is 26.1 Å². The second kappa shape index (κ2) is 7.13. The van der Waals surface area contributed by atoms with Crippen molar-refractivity contribution in [3.8, 4) is 0 Å². The predicted molar refractivity (Wildman–Crippen MR) is 76.2 cm³/mol. The van der Waals surface area contributed by atoms with Gasteiger partial charge in [0.15, 0.2) is 0 Å². The number of rotatable bonds is 6. The first-order valence-corrected chi connectivity index (χ1v) is 7.42. The SMILES string of the molecule is CC(CCN)CCC(=O)NC1CCC(C)(C)CC1. The summed E-state index contributed by atoms with van der Waals surface area (Å²) in [5.74, 6) is 0.787. The molecule has 0 radical (unpaired) electrons. The number of hydrogen-bond acceptors (Lipinski definition) is 2. The quantitative estimate of drug-likeness (QED) is 0.766. The van der Waals surface area contributed by atoms with Crippen LogP contribution in [0.5, 0.6) is 0 Å². The van der Waals surface area contributed by atoms with Gasteiger partial charge in [-0.05, 0) is 56.4 Å². The summed E-state index contributed by atoms with van der Waals surface area (Å²) in [5, 5.41) is 3.18. The lowest BCUT2D eigenvalue weighted by atomic mass is 9.75. The topological polar surface area (TPSA) is 55.1 Å². The average molecular weight is 254 g/mol. The Hall–Kier alpha value is -0.570. The molecule has 1 rings (SSSR count). The molecule has 1 amide bonds. The van der Waals surface area contributed by atoms with E-state index in [4.69, 9.17) is 5.73 Å². The number of hydrogen-bond donors (Lipinski definition) is 2. The molecular formula is C15H30N2O. The van der Waals surface area contributed by atoms with E-state index in [1.807, 2.05) is 0 Å². The van der Waals surface area contributed by atoms with Crippen molar-refractivity contribution < 1.29 is 4.79 Å². The van der Waals surface area contributed by atoms with Gasteiger partial charge in [-0.1, -0.05) is 20.8 Å². The summed E-state index contributed by atoms with van der Waals surface area (Å²) in [6, 6.07) is 0.412. The minimum atomic E-state index is 0.226. The largest absolute Gasteiger partial charge is 0.353 e. The Morgan fingerprint density at radius 3 is 2.50 bits per heavy atom. The monoisotopic (exact) mass is 254 g/mol. The standard InChI is InChI=1S/C15H30N2O/c1-12(8-11-16)4-5-14(18)17-13-6-9-15(2,3)10-7-13/h12-13H,4-11,16H2,1-3H3,(H,17,18). The van der Waals surface area contributed by atoms with Crippen LogP contribution in [0.15, 0.2) is 0 Å². The summed E-state index contributed by atoms with van der Waals surface area (Å²) in [4.78, 5) is 11.8. The van der Waals surface area contributed by atoms with Crippen LogP contribution < -0.4 is 11.1 Å². The maximum absolute atomic E-state index is 11.8. The van der Waals surface area contributed by atoms with Crippen LogP contribution in [-0.2, 0) is 4.79 Å². The second-order valence-corrected chi connectivity index (χ2v) is 6.73. The molecule has 106 valence electrons. The molecule has 1 atom stereocenters. The number of amides is 1. The third kappa shape index (κ3) is 5.85. The average Bonchev–Trinajstić information content (AvgIpc) is 2.30. The van der Waals surface area contributed by atoms with Gasteiger partial charge in [0.25, 0.3) is 0 Å². The third-order valence-electron chi connectivity index (χ3n) is 4.23. The zero-order valence-corrected chi connectivity index (χ0v) is 12.3. The van der Waals surface area contributed by atoms with Crippen molar-refractivity contribution in [2.75, 3.05) is 6.54 Å². The minimum Gasteiger partial charge on any atom is -0.353 e. The molecule has 0 aromatic carbocycles. The molecule has 0 aromatic rings. The second-order valence-electron chi connectivity index (χ2n) is 6.73. The van der Waals surface area contributed by atoms with E-state index in [0.29, 0.717) is 23.8 Å². The van der Waals surface area contributed by atoms with E-state index in [1.54, 1.807) is 0 Å². The maximum atomic E-state index is 11.8. The molecule has 3 heteroatoms. The Morgan fingerprint density at radius 2 is 1.94 bits per heavy atom. The summed E-state index contributed by atoms with van der Waals surface area (Å²) < 4.78 is 0. The lowest BCUT2D eigenvalue weighted by Gasteiger charge is -2.34. The predicted octanol–water partition coefficient (Wildman–Crippen LogP) is 2.84. The molecule has 3 nitrogen and oxygen atoms in total. The fourth-order valence-corrected chi connectivity index (χ4v) is 2.65. The molecule has 18 heavy (non-hydrogen) atoms. The van der Waals surface area contributed by atoms with Crippen LogP contribution in [0.3, 0.4) is 0 Å². The van der Waals surface area contributed by atoms with Crippen molar-refractivity contribution in [3.05, 3.63) is 0 Å². The summed E-state index contributed by atoms with van der Waals surface area (Å²) in [6.45, 7) is 7.53. The lowest BCUT2D eigenvalue weighted by Crippen LogP contribution is -2.39. The summed E-state index contributed by atoms with van der Waals surface area (Å²) in [5.41, 5.74) is 5.98. The molecule has 1 saturated carbocycles. The van der Waals surface area contributed by atoms with Gasteiger partial charge in [0.05, 0.1) is 0 Å². The lowest BCUT2D eigenvalue weighted by molar-refractivity contribution is -0.122. The van der Waals surface area contributed by atoms with Crippen molar-refractivity contribution in [1.29, 1.82) is 0 Å². The first-order valence-electron chi connectivity index (χ1n) is 7.42. The minimum absolute atomic E-state index is 0.226. The van der Waals surface area contributed by atoms with Crippen molar-refractivity contribution in [2.24, 2.45) is 17.1 Å². The van der Waals surface area contributed by atoms with Crippen LogP contribution in [0.4, 0.5) is 0 Å². The fourth-order valence-electron chi connectivity index (χ4n) is 2.65. The smallest absolute Gasteiger partial charge is 0.220 e. The van der Waals surface area contributed by atoms with Gasteiger partial charge in [0.1, 0.15) is 0 Å². The van der Waals surface area contributed by atoms with E-state index in [0.717, 1.165) is 32.2 Å². The number of nitrogens with two attached hydrogens (primary N) is 1. The first-order chi connectivity index (χ1) is 8.43. The molecular weight excluding hydrogens is 224 g/mol. The highest BCUT2D eigenvalue weighted by molar-refractivity contribution is 5.76. The molecule has 1 fully saturated rings. The van der Waals surface area contributed by atoms with Crippen LogP contribution in [0.1, 0.15) is 65.7 Å². The van der Waals surface area contributed by atoms with Crippen LogP contribution in [0, 0.1) is 11.3 Å². The first kappa shape index (κ1) is 15.5. The van der Waals surface area contributed by atoms with Crippen LogP contribution in [0.2, 0.25) is 0 Å². The summed E-state index contributed by atoms with van der Waals surface area (Å²) in [7, 11) is 0. The van der Waals surface area contributed by atoms with Crippen molar-refractivity contribution in [1.82, 2.24) is 5.32 Å². The van der Waals surface area contributed by atoms with Gasteiger partial charge < -0.3 is 11.1 Å². The highest BCUT2D eigenvalue weighted by atomic mass is 16.1. The maximum Gasteiger partial charge on any atom is 0.220 e. The van der Waals surface area contributed by atoms with Crippen molar-refractivity contribution in [2.45, 2.75) is 71.8 Å². The van der Waals surface area contributed by atoms with Gasteiger partial charge in [-0.2, -0.15) is 0 Å². The normalized spacial score (nSPS) is 21.6. The molecule has 0 aromatic heterocycles. The molecule has 0 aliphatic heterocycles. The molecule has 3 N–H and O–H groups in total. The Labute approximate surface area is 112 Å². The van der Waals surface area contributed by atoms with E-state index >= 15 is 0 Å². The van der Waals surface area contributed by atoms with Gasteiger partial charge in [-0.3, -0.25) is 4.79 Å². The van der Waals surface area contributed by atoms with Gasteiger partial charge in [0, 0.05) is 12.5 Å². The highest BCUT2D eigenvalue weighted by Crippen LogP contribution is 2.34. The number of carbonyl (C=O) groups excluding carboxylic acids is 1. The van der Waals surface area contributed by atoms with Crippen LogP contribution in [-0.4, -0.2) is 18.5 Å². The molecule has 0 heterocycles. The van der Waals surface area contributed by atoms with Crippen molar-refractivity contribution >= 4 is 5.91 Å². The molecule has 1 aliphatic carbocycles. The zero-order chi connectivity index (χ0) is 13.6. The molecule has 0 bridgehead atoms. The fraction of sp³-hybridized carbons (Fsp3) is 0.933. The van der Waals surface area contributed by atoms with Gasteiger partial charge in [0.2, 0.25) is 5.91 Å². The Bertz CT molecular complexity index is 253. The molecule has 0 spiro atoms. The van der Waals surface area contributed by atoms with E-state index in [9.17, 15) is 4.79 Å². The Kier molecular flexibility index (Phi) is 6.13. The van der Waals surface area contributed by atoms with Crippen LogP contribution >= 0.6 is 0 Å². The Balaban J connectivity index is 2.17. The van der Waals surface area contributed by atoms with Gasteiger partial charge >= 0.3 is 0 Å². The molecule has 1 aliphatic rings. The number of carbonyl (C=O) groups is 1. The summed E-state index contributed by atoms with van der Waals surface area (Å²) in [6.07, 6.45) is 7.35. The number of nitrogens with one attached hydrogen (secondary N) is 1. The van der Waals surface area contributed by atoms with E-state index in [1.165, 1.54) is 12.8 Å². The zero-order valence-electron chi connectivity index (χ0n) is 12.3. The molecule has 0 saturated heterocycles. The highest BCUT2D eigenvalue weighted by Gasteiger charge is 2.27. The van der Waals surface area contributed by atoms with Gasteiger partial charge in [-0.15, -0.1) is 0 Å². The van der Waals surface area contributed by atoms with Gasteiger partial charge in [-0.25, -0.2) is 0 Å². The molecule has 1 unspecified atom stereocenters. The van der Waals surface area contributed by atoms with Crippen LogP contribution in [0.25, 0.3) is 0 Å². The Morgan fingerprint density at radius 1 is 1.33 bits per heavy atom. The van der Waals surface area contributed by atoms with E-state index in [-0.39, 0.29) is 5.91 Å². The summed E-state index contributed by atoms with van der Waals surface area (Å²) >= 11 is 0. The third-order valence-corrected chi connectivity index (χ3v) is 4.23.